The summed E-state index contributed by atoms with van der Waals surface area (Å²) in [6.07, 6.45) is 0. The third-order valence-corrected chi connectivity index (χ3v) is 2.53. The van der Waals surface area contributed by atoms with Crippen molar-refractivity contribution in [3.63, 3.8) is 0 Å². The fraction of sp³-hybridized carbons (Fsp3) is 0.200. The molecule has 0 aliphatic carbocycles. The zero-order valence-corrected chi connectivity index (χ0v) is 8.90. The molecule has 1 unspecified atom stereocenters. The smallest absolute Gasteiger partial charge is 0.257 e. The van der Waals surface area contributed by atoms with Crippen LogP contribution in [0.25, 0.3) is 0 Å². The molecule has 0 saturated heterocycles. The van der Waals surface area contributed by atoms with Gasteiger partial charge in [0.2, 0.25) is 0 Å². The molecule has 0 saturated carbocycles. The molecule has 78 valence electrons. The van der Waals surface area contributed by atoms with E-state index in [0.717, 1.165) is 0 Å². The second-order valence-corrected chi connectivity index (χ2v) is 3.81. The van der Waals surface area contributed by atoms with Gasteiger partial charge in [0.25, 0.3) is 5.91 Å². The predicted molar refractivity (Wildman–Crippen MR) is 59.7 cm³/mol. The van der Waals surface area contributed by atoms with Crippen LogP contribution in [-0.2, 0) is 4.79 Å². The number of hydrogen-bond acceptors (Lipinski definition) is 3. The standard InChI is InChI=1S/C10H10ClN3O/c1-6-9(12)13-14(10(6)15)8-4-2-3-7(11)5-8/h2-6H,1H3,(H2,12,13). The van der Waals surface area contributed by atoms with Gasteiger partial charge in [0, 0.05) is 5.02 Å². The van der Waals surface area contributed by atoms with Crippen molar-refractivity contribution in [1.82, 2.24) is 0 Å². The number of nitrogens with two attached hydrogens (primary N) is 1. The van der Waals surface area contributed by atoms with Gasteiger partial charge >= 0.3 is 0 Å². The second-order valence-electron chi connectivity index (χ2n) is 3.38. The van der Waals surface area contributed by atoms with Gasteiger partial charge in [0.05, 0.1) is 11.6 Å². The van der Waals surface area contributed by atoms with Crippen LogP contribution in [0.2, 0.25) is 5.02 Å². The number of nitrogens with zero attached hydrogens (tertiary/aromatic N) is 2. The third kappa shape index (κ3) is 1.68. The van der Waals surface area contributed by atoms with E-state index in [1.165, 1.54) is 5.01 Å². The van der Waals surface area contributed by atoms with Gasteiger partial charge in [-0.05, 0) is 25.1 Å². The lowest BCUT2D eigenvalue weighted by atomic mass is 10.1. The van der Waals surface area contributed by atoms with Gasteiger partial charge in [-0.15, -0.1) is 0 Å². The number of rotatable bonds is 1. The lowest BCUT2D eigenvalue weighted by Crippen LogP contribution is -2.27. The van der Waals surface area contributed by atoms with Crippen LogP contribution in [0.1, 0.15) is 6.92 Å². The minimum absolute atomic E-state index is 0.130. The van der Waals surface area contributed by atoms with E-state index in [9.17, 15) is 4.79 Å². The van der Waals surface area contributed by atoms with Crippen LogP contribution < -0.4 is 10.7 Å². The number of hydrazone groups is 1. The minimum atomic E-state index is -0.357. The number of halogens is 1. The summed E-state index contributed by atoms with van der Waals surface area (Å²) in [7, 11) is 0. The zero-order valence-electron chi connectivity index (χ0n) is 8.14. The summed E-state index contributed by atoms with van der Waals surface area (Å²) in [5.41, 5.74) is 6.23. The summed E-state index contributed by atoms with van der Waals surface area (Å²) >= 11 is 5.83. The Morgan fingerprint density at radius 1 is 1.53 bits per heavy atom. The number of anilines is 1. The number of amidine groups is 1. The Morgan fingerprint density at radius 3 is 2.80 bits per heavy atom. The highest BCUT2D eigenvalue weighted by molar-refractivity contribution is 6.31. The van der Waals surface area contributed by atoms with Crippen molar-refractivity contribution < 1.29 is 4.79 Å². The molecule has 1 aromatic rings. The average molecular weight is 224 g/mol. The van der Waals surface area contributed by atoms with Crippen molar-refractivity contribution in [1.29, 1.82) is 0 Å². The van der Waals surface area contributed by atoms with Gasteiger partial charge < -0.3 is 5.73 Å². The van der Waals surface area contributed by atoms with Crippen LogP contribution in [0.5, 0.6) is 0 Å². The zero-order chi connectivity index (χ0) is 11.0. The van der Waals surface area contributed by atoms with E-state index in [-0.39, 0.29) is 11.8 Å². The van der Waals surface area contributed by atoms with Gasteiger partial charge in [-0.2, -0.15) is 10.1 Å². The SMILES string of the molecule is CC1C(=O)N(c2cccc(Cl)c2)N=C1N. The van der Waals surface area contributed by atoms with Gasteiger partial charge in [-0.25, -0.2) is 0 Å². The Hall–Kier alpha value is -1.55. The van der Waals surface area contributed by atoms with Crippen LogP contribution in [0.15, 0.2) is 29.4 Å². The molecule has 0 bridgehead atoms. The average Bonchev–Trinajstić information content (AvgIpc) is 2.46. The molecule has 0 fully saturated rings. The molecule has 0 spiro atoms. The molecular formula is C10H10ClN3O. The first-order valence-corrected chi connectivity index (χ1v) is 4.91. The second kappa shape index (κ2) is 3.55. The van der Waals surface area contributed by atoms with Crippen molar-refractivity contribution in [2.45, 2.75) is 6.92 Å². The van der Waals surface area contributed by atoms with Gasteiger partial charge in [-0.3, -0.25) is 4.79 Å². The Balaban J connectivity index is 2.37. The lowest BCUT2D eigenvalue weighted by molar-refractivity contribution is -0.119. The molecule has 1 aliphatic rings. The van der Waals surface area contributed by atoms with Crippen LogP contribution >= 0.6 is 11.6 Å². The van der Waals surface area contributed by atoms with Crippen molar-refractivity contribution in [3.8, 4) is 0 Å². The minimum Gasteiger partial charge on any atom is -0.385 e. The van der Waals surface area contributed by atoms with E-state index in [1.54, 1.807) is 31.2 Å². The third-order valence-electron chi connectivity index (χ3n) is 2.29. The highest BCUT2D eigenvalue weighted by Gasteiger charge is 2.31. The number of amides is 1. The molecule has 1 heterocycles. The van der Waals surface area contributed by atoms with Gasteiger partial charge in [0.15, 0.2) is 0 Å². The topological polar surface area (TPSA) is 58.7 Å². The van der Waals surface area contributed by atoms with E-state index < -0.39 is 0 Å². The molecule has 1 aliphatic heterocycles. The number of carbonyl (C=O) groups excluding carboxylic acids is 1. The summed E-state index contributed by atoms with van der Waals surface area (Å²) in [5, 5.41) is 5.83. The Morgan fingerprint density at radius 2 is 2.27 bits per heavy atom. The largest absolute Gasteiger partial charge is 0.385 e. The maximum atomic E-state index is 11.7. The van der Waals surface area contributed by atoms with E-state index in [2.05, 4.69) is 5.10 Å². The Bertz CT molecular complexity index is 444. The summed E-state index contributed by atoms with van der Waals surface area (Å²) in [4.78, 5) is 11.7. The Labute approximate surface area is 92.3 Å². The number of benzene rings is 1. The van der Waals surface area contributed by atoms with E-state index in [1.807, 2.05) is 0 Å². The molecule has 4 nitrogen and oxygen atoms in total. The number of hydrogen-bond donors (Lipinski definition) is 1. The maximum Gasteiger partial charge on any atom is 0.257 e. The van der Waals surface area contributed by atoms with Crippen LogP contribution in [0, 0.1) is 5.92 Å². The highest BCUT2D eigenvalue weighted by atomic mass is 35.5. The molecule has 0 radical (unpaired) electrons. The highest BCUT2D eigenvalue weighted by Crippen LogP contribution is 2.24. The normalized spacial score (nSPS) is 20.7. The molecule has 2 N–H and O–H groups in total. The van der Waals surface area contributed by atoms with Crippen LogP contribution in [0.3, 0.4) is 0 Å². The quantitative estimate of drug-likeness (QED) is 0.786. The van der Waals surface area contributed by atoms with Crippen molar-refractivity contribution in [3.05, 3.63) is 29.3 Å². The first-order chi connectivity index (χ1) is 7.09. The summed E-state index contributed by atoms with van der Waals surface area (Å²) in [5.74, 6) is -0.154. The molecule has 0 aromatic heterocycles. The van der Waals surface area contributed by atoms with Crippen LogP contribution in [0.4, 0.5) is 5.69 Å². The predicted octanol–water partition coefficient (Wildman–Crippen LogP) is 1.59. The van der Waals surface area contributed by atoms with Gasteiger partial charge in [-0.1, -0.05) is 17.7 Å². The summed E-state index contributed by atoms with van der Waals surface area (Å²) in [6, 6.07) is 6.94. The van der Waals surface area contributed by atoms with Crippen molar-refractivity contribution in [2.24, 2.45) is 16.8 Å². The summed E-state index contributed by atoms with van der Waals surface area (Å²) < 4.78 is 0. The fourth-order valence-corrected chi connectivity index (χ4v) is 1.54. The monoisotopic (exact) mass is 223 g/mol. The van der Waals surface area contributed by atoms with E-state index in [0.29, 0.717) is 16.5 Å². The van der Waals surface area contributed by atoms with Crippen molar-refractivity contribution >= 4 is 29.0 Å². The Kier molecular flexibility index (Phi) is 2.36. The maximum absolute atomic E-state index is 11.7. The van der Waals surface area contributed by atoms with Crippen LogP contribution in [-0.4, -0.2) is 11.7 Å². The molecule has 15 heavy (non-hydrogen) atoms. The van der Waals surface area contributed by atoms with E-state index >= 15 is 0 Å². The molecule has 1 atom stereocenters. The fourth-order valence-electron chi connectivity index (χ4n) is 1.35. The molecule has 2 rings (SSSR count). The number of carbonyl (C=O) groups is 1. The lowest BCUT2D eigenvalue weighted by Gasteiger charge is -2.12. The van der Waals surface area contributed by atoms with E-state index in [4.69, 9.17) is 17.3 Å². The molecule has 1 aromatic carbocycles. The molecule has 5 heteroatoms. The molecular weight excluding hydrogens is 214 g/mol. The molecule has 1 amide bonds. The first-order valence-electron chi connectivity index (χ1n) is 4.53. The summed E-state index contributed by atoms with van der Waals surface area (Å²) in [6.45, 7) is 1.73. The van der Waals surface area contributed by atoms with Gasteiger partial charge in [0.1, 0.15) is 5.84 Å². The first kappa shape index (κ1) is 9.98. The van der Waals surface area contributed by atoms with Crippen molar-refractivity contribution in [2.75, 3.05) is 5.01 Å².